The third kappa shape index (κ3) is 4.89. The van der Waals surface area contributed by atoms with E-state index in [2.05, 4.69) is 18.3 Å². The molecule has 1 aliphatic rings. The molecule has 21 heavy (non-hydrogen) atoms. The van der Waals surface area contributed by atoms with E-state index in [4.69, 9.17) is 16.3 Å². The quantitative estimate of drug-likeness (QED) is 0.732. The van der Waals surface area contributed by atoms with E-state index >= 15 is 0 Å². The largest absolute Gasteiger partial charge is 0.497 e. The lowest BCUT2D eigenvalue weighted by Crippen LogP contribution is -2.25. The number of rotatable bonds is 7. The van der Waals surface area contributed by atoms with E-state index in [0.717, 1.165) is 29.7 Å². The fourth-order valence-corrected chi connectivity index (χ4v) is 3.61. The highest BCUT2D eigenvalue weighted by Gasteiger charge is 2.21. The molecule has 3 heteroatoms. The Kier molecular flexibility index (Phi) is 6.85. The molecule has 1 aromatic carbocycles. The van der Waals surface area contributed by atoms with Crippen molar-refractivity contribution >= 4 is 11.6 Å². The van der Waals surface area contributed by atoms with E-state index in [1.54, 1.807) is 7.11 Å². The van der Waals surface area contributed by atoms with E-state index in [1.165, 1.54) is 44.1 Å². The van der Waals surface area contributed by atoms with Crippen molar-refractivity contribution in [3.05, 3.63) is 28.8 Å². The molecule has 1 N–H and O–H groups in total. The monoisotopic (exact) mass is 309 g/mol. The number of methoxy groups -OCH3 is 1. The van der Waals surface area contributed by atoms with Gasteiger partial charge in [-0.15, -0.1) is 0 Å². The summed E-state index contributed by atoms with van der Waals surface area (Å²) in [7, 11) is 1.68. The zero-order chi connectivity index (χ0) is 15.1. The minimum atomic E-state index is 0.367. The maximum absolute atomic E-state index is 6.48. The van der Waals surface area contributed by atoms with Crippen molar-refractivity contribution in [2.75, 3.05) is 13.7 Å². The number of benzene rings is 1. The van der Waals surface area contributed by atoms with Gasteiger partial charge in [0.05, 0.1) is 7.11 Å². The lowest BCUT2D eigenvalue weighted by molar-refractivity contribution is 0.300. The second-order valence-electron chi connectivity index (χ2n) is 6.13. The molecule has 0 bridgehead atoms. The van der Waals surface area contributed by atoms with Crippen LogP contribution >= 0.6 is 11.6 Å². The van der Waals surface area contributed by atoms with Gasteiger partial charge in [0.15, 0.2) is 0 Å². The van der Waals surface area contributed by atoms with Crippen LogP contribution < -0.4 is 10.1 Å². The molecule has 2 rings (SSSR count). The van der Waals surface area contributed by atoms with E-state index in [1.807, 2.05) is 12.1 Å². The average Bonchev–Trinajstić information content (AvgIpc) is 2.52. The first kappa shape index (κ1) is 16.6. The number of hydrogen-bond donors (Lipinski definition) is 1. The predicted molar refractivity (Wildman–Crippen MR) is 90.2 cm³/mol. The van der Waals surface area contributed by atoms with Crippen LogP contribution in [0.1, 0.15) is 63.5 Å². The summed E-state index contributed by atoms with van der Waals surface area (Å²) in [6, 6.07) is 6.43. The summed E-state index contributed by atoms with van der Waals surface area (Å²) in [5, 5.41) is 4.50. The Hall–Kier alpha value is -0.730. The number of ether oxygens (including phenoxy) is 1. The summed E-state index contributed by atoms with van der Waals surface area (Å²) in [6.45, 7) is 3.25. The van der Waals surface area contributed by atoms with Crippen molar-refractivity contribution < 1.29 is 4.74 Å². The fourth-order valence-electron chi connectivity index (χ4n) is 3.31. The van der Waals surface area contributed by atoms with E-state index in [9.17, 15) is 0 Å². The molecule has 0 heterocycles. The summed E-state index contributed by atoms with van der Waals surface area (Å²) in [5.41, 5.74) is 1.22. The Balaban J connectivity index is 2.10. The zero-order valence-corrected chi connectivity index (χ0v) is 14.1. The normalized spacial score (nSPS) is 17.7. The average molecular weight is 310 g/mol. The van der Waals surface area contributed by atoms with Gasteiger partial charge in [-0.25, -0.2) is 0 Å². The molecule has 1 fully saturated rings. The number of nitrogens with one attached hydrogen (secondary N) is 1. The summed E-state index contributed by atoms with van der Waals surface area (Å²) in [5.74, 6) is 1.67. The van der Waals surface area contributed by atoms with Crippen LogP contribution in [0, 0.1) is 5.92 Å². The molecular formula is C18H28ClNO. The maximum Gasteiger partial charge on any atom is 0.120 e. The van der Waals surface area contributed by atoms with E-state index in [-0.39, 0.29) is 0 Å². The van der Waals surface area contributed by atoms with Gasteiger partial charge in [0.25, 0.3) is 0 Å². The Labute approximate surface area is 134 Å². The van der Waals surface area contributed by atoms with Gasteiger partial charge in [0, 0.05) is 11.1 Å². The van der Waals surface area contributed by atoms with Crippen molar-refractivity contribution in [1.29, 1.82) is 0 Å². The van der Waals surface area contributed by atoms with Gasteiger partial charge in [0.1, 0.15) is 5.75 Å². The second kappa shape index (κ2) is 8.65. The van der Waals surface area contributed by atoms with Crippen molar-refractivity contribution in [2.24, 2.45) is 5.92 Å². The molecule has 2 nitrogen and oxygen atoms in total. The Morgan fingerprint density at radius 2 is 2.05 bits per heavy atom. The minimum Gasteiger partial charge on any atom is -0.497 e. The number of hydrogen-bond acceptors (Lipinski definition) is 2. The van der Waals surface area contributed by atoms with Gasteiger partial charge in [-0.3, -0.25) is 0 Å². The minimum absolute atomic E-state index is 0.367. The molecule has 0 spiro atoms. The fraction of sp³-hybridized carbons (Fsp3) is 0.667. The maximum atomic E-state index is 6.48. The van der Waals surface area contributed by atoms with Crippen LogP contribution in [0.15, 0.2) is 18.2 Å². The standard InChI is InChI=1S/C18H28ClNO/c1-3-11-20-18(12-14-7-5-4-6-8-14)16-10-9-15(21-2)13-17(16)19/h9-10,13-14,18,20H,3-8,11-12H2,1-2H3. The molecule has 0 aliphatic heterocycles. The van der Waals surface area contributed by atoms with Gasteiger partial charge in [0.2, 0.25) is 0 Å². The van der Waals surface area contributed by atoms with Crippen LogP contribution in [0.25, 0.3) is 0 Å². The molecular weight excluding hydrogens is 282 g/mol. The summed E-state index contributed by atoms with van der Waals surface area (Å²) in [4.78, 5) is 0. The SMILES string of the molecule is CCCNC(CC1CCCCC1)c1ccc(OC)cc1Cl. The Morgan fingerprint density at radius 3 is 2.67 bits per heavy atom. The third-order valence-electron chi connectivity index (χ3n) is 4.52. The summed E-state index contributed by atoms with van der Waals surface area (Å²) >= 11 is 6.48. The molecule has 1 aromatic rings. The topological polar surface area (TPSA) is 21.3 Å². The highest BCUT2D eigenvalue weighted by Crippen LogP contribution is 2.35. The first-order valence-electron chi connectivity index (χ1n) is 8.31. The van der Waals surface area contributed by atoms with Crippen molar-refractivity contribution in [3.8, 4) is 5.75 Å². The smallest absolute Gasteiger partial charge is 0.120 e. The Bertz CT molecular complexity index is 429. The van der Waals surface area contributed by atoms with Gasteiger partial charge >= 0.3 is 0 Å². The van der Waals surface area contributed by atoms with Crippen LogP contribution in [-0.2, 0) is 0 Å². The van der Waals surface area contributed by atoms with Gasteiger partial charge in [-0.05, 0) is 43.0 Å². The highest BCUT2D eigenvalue weighted by molar-refractivity contribution is 6.31. The lowest BCUT2D eigenvalue weighted by Gasteiger charge is -2.28. The molecule has 0 saturated heterocycles. The van der Waals surface area contributed by atoms with Gasteiger partial charge < -0.3 is 10.1 Å². The molecule has 0 radical (unpaired) electrons. The molecule has 1 unspecified atom stereocenters. The Morgan fingerprint density at radius 1 is 1.29 bits per heavy atom. The van der Waals surface area contributed by atoms with Crippen LogP contribution in [0.3, 0.4) is 0 Å². The van der Waals surface area contributed by atoms with E-state index < -0.39 is 0 Å². The highest BCUT2D eigenvalue weighted by atomic mass is 35.5. The second-order valence-corrected chi connectivity index (χ2v) is 6.54. The molecule has 0 aromatic heterocycles. The van der Waals surface area contributed by atoms with Crippen LogP contribution in [0.5, 0.6) is 5.75 Å². The first-order chi connectivity index (χ1) is 10.2. The summed E-state index contributed by atoms with van der Waals surface area (Å²) < 4.78 is 5.26. The summed E-state index contributed by atoms with van der Waals surface area (Å²) in [6.07, 6.45) is 9.28. The lowest BCUT2D eigenvalue weighted by atomic mass is 9.83. The molecule has 1 atom stereocenters. The third-order valence-corrected chi connectivity index (χ3v) is 4.84. The number of halogens is 1. The zero-order valence-electron chi connectivity index (χ0n) is 13.3. The molecule has 1 aliphatic carbocycles. The molecule has 118 valence electrons. The van der Waals surface area contributed by atoms with Crippen molar-refractivity contribution in [2.45, 2.75) is 57.9 Å². The first-order valence-corrected chi connectivity index (χ1v) is 8.69. The van der Waals surface area contributed by atoms with Crippen LogP contribution in [0.4, 0.5) is 0 Å². The van der Waals surface area contributed by atoms with Crippen molar-refractivity contribution in [1.82, 2.24) is 5.32 Å². The van der Waals surface area contributed by atoms with Crippen LogP contribution in [-0.4, -0.2) is 13.7 Å². The van der Waals surface area contributed by atoms with Gasteiger partial charge in [-0.1, -0.05) is 56.7 Å². The van der Waals surface area contributed by atoms with Gasteiger partial charge in [-0.2, -0.15) is 0 Å². The van der Waals surface area contributed by atoms with E-state index in [0.29, 0.717) is 6.04 Å². The molecule has 0 amide bonds. The predicted octanol–water partition coefficient (Wildman–Crippen LogP) is 5.36. The molecule has 1 saturated carbocycles. The van der Waals surface area contributed by atoms with Crippen LogP contribution in [0.2, 0.25) is 5.02 Å². The van der Waals surface area contributed by atoms with Crippen molar-refractivity contribution in [3.63, 3.8) is 0 Å².